The number of rotatable bonds is 7. The number of piperidine rings is 1. The van der Waals surface area contributed by atoms with E-state index in [0.29, 0.717) is 35.5 Å². The highest BCUT2D eigenvalue weighted by Gasteiger charge is 2.43. The van der Waals surface area contributed by atoms with Crippen molar-refractivity contribution in [1.82, 2.24) is 19.4 Å². The van der Waals surface area contributed by atoms with Gasteiger partial charge in [0.05, 0.1) is 34.9 Å². The molecule has 4 heterocycles. The molecule has 0 radical (unpaired) electrons. The van der Waals surface area contributed by atoms with Crippen LogP contribution >= 0.6 is 11.6 Å². The van der Waals surface area contributed by atoms with Crippen molar-refractivity contribution < 1.29 is 28.2 Å². The van der Waals surface area contributed by atoms with E-state index >= 15 is 0 Å². The van der Waals surface area contributed by atoms with Crippen molar-refractivity contribution in [3.05, 3.63) is 106 Å². The Morgan fingerprint density at radius 3 is 2.70 bits per heavy atom. The maximum Gasteiger partial charge on any atom is 0.335 e. The van der Waals surface area contributed by atoms with Gasteiger partial charge >= 0.3 is 5.97 Å². The molecular weight excluding hydrogens is 575 g/mol. The maximum absolute atomic E-state index is 14.8. The van der Waals surface area contributed by atoms with Gasteiger partial charge in [0.25, 0.3) is 5.79 Å². The van der Waals surface area contributed by atoms with Gasteiger partial charge in [-0.05, 0) is 74.3 Å². The summed E-state index contributed by atoms with van der Waals surface area (Å²) in [7, 11) is 0. The molecule has 0 amide bonds. The molecule has 1 N–H and O–H groups in total. The van der Waals surface area contributed by atoms with Crippen LogP contribution in [-0.4, -0.2) is 43.6 Å². The summed E-state index contributed by atoms with van der Waals surface area (Å²) in [6.45, 7) is 4.29. The second-order valence-corrected chi connectivity index (χ2v) is 11.5. The number of carboxylic acids is 1. The molecule has 3 aromatic carbocycles. The zero-order chi connectivity index (χ0) is 29.7. The fourth-order valence-electron chi connectivity index (χ4n) is 6.11. The topological polar surface area (TPSA) is 103 Å². The van der Waals surface area contributed by atoms with E-state index in [1.54, 1.807) is 43.5 Å². The third-order valence-corrected chi connectivity index (χ3v) is 8.51. The Hall–Kier alpha value is -4.41. The molecule has 0 bridgehead atoms. The van der Waals surface area contributed by atoms with Crippen molar-refractivity contribution in [3.63, 3.8) is 0 Å². The number of imidazole rings is 1. The first-order chi connectivity index (χ1) is 20.8. The van der Waals surface area contributed by atoms with E-state index in [1.807, 2.05) is 16.7 Å². The minimum atomic E-state index is -1.30. The molecule has 1 fully saturated rings. The summed E-state index contributed by atoms with van der Waals surface area (Å²) in [5.74, 6) is 0.0448. The number of oxazole rings is 1. The van der Waals surface area contributed by atoms with Crippen LogP contribution < -0.4 is 9.47 Å². The van der Waals surface area contributed by atoms with Crippen LogP contribution in [0.5, 0.6) is 11.5 Å². The fourth-order valence-corrected chi connectivity index (χ4v) is 6.27. The Bertz CT molecular complexity index is 1830. The molecule has 43 heavy (non-hydrogen) atoms. The number of hydrogen-bond acceptors (Lipinski definition) is 7. The second kappa shape index (κ2) is 10.7. The van der Waals surface area contributed by atoms with E-state index in [1.165, 1.54) is 12.3 Å². The summed E-state index contributed by atoms with van der Waals surface area (Å²) >= 11 is 5.97. The first-order valence-electron chi connectivity index (χ1n) is 14.1. The molecule has 11 heteroatoms. The van der Waals surface area contributed by atoms with Crippen LogP contribution in [0.4, 0.5) is 4.39 Å². The smallest absolute Gasteiger partial charge is 0.335 e. The van der Waals surface area contributed by atoms with Crippen LogP contribution in [0.15, 0.2) is 71.5 Å². The molecule has 2 aliphatic rings. The molecule has 7 rings (SSSR count). The monoisotopic (exact) mass is 602 g/mol. The van der Waals surface area contributed by atoms with Crippen LogP contribution in [0.2, 0.25) is 5.02 Å². The average molecular weight is 603 g/mol. The van der Waals surface area contributed by atoms with Gasteiger partial charge in [-0.2, -0.15) is 0 Å². The lowest BCUT2D eigenvalue weighted by atomic mass is 9.88. The van der Waals surface area contributed by atoms with Crippen LogP contribution in [0.1, 0.15) is 58.9 Å². The maximum atomic E-state index is 14.8. The number of ether oxygens (including phenoxy) is 2. The molecule has 0 aliphatic carbocycles. The predicted octanol–water partition coefficient (Wildman–Crippen LogP) is 6.59. The Morgan fingerprint density at radius 1 is 1.12 bits per heavy atom. The zero-order valence-electron chi connectivity index (χ0n) is 23.3. The number of aromatic nitrogens is 3. The molecule has 2 aliphatic heterocycles. The molecule has 1 saturated heterocycles. The summed E-state index contributed by atoms with van der Waals surface area (Å²) in [4.78, 5) is 23.1. The minimum absolute atomic E-state index is 0.199. The lowest BCUT2D eigenvalue weighted by Gasteiger charge is -2.32. The van der Waals surface area contributed by atoms with Crippen LogP contribution in [0.3, 0.4) is 0 Å². The summed E-state index contributed by atoms with van der Waals surface area (Å²) in [6, 6.07) is 15.3. The van der Waals surface area contributed by atoms with Gasteiger partial charge < -0.3 is 23.6 Å². The number of hydrogen-bond donors (Lipinski definition) is 1. The van der Waals surface area contributed by atoms with Crippen molar-refractivity contribution in [2.75, 3.05) is 13.1 Å². The van der Waals surface area contributed by atoms with Crippen molar-refractivity contribution >= 4 is 28.6 Å². The lowest BCUT2D eigenvalue weighted by Crippen LogP contribution is -2.34. The highest BCUT2D eigenvalue weighted by molar-refractivity contribution is 6.30. The summed E-state index contributed by atoms with van der Waals surface area (Å²) in [5, 5.41) is 9.85. The molecule has 2 aromatic heterocycles. The first kappa shape index (κ1) is 27.4. The summed E-state index contributed by atoms with van der Waals surface area (Å²) in [6.07, 6.45) is 4.88. The number of carbonyl (C=O) groups is 1. The molecule has 5 aromatic rings. The number of halogens is 2. The van der Waals surface area contributed by atoms with Gasteiger partial charge in [0.1, 0.15) is 24.4 Å². The third-order valence-electron chi connectivity index (χ3n) is 8.27. The lowest BCUT2D eigenvalue weighted by molar-refractivity contribution is -0.0712. The van der Waals surface area contributed by atoms with E-state index in [2.05, 4.69) is 16.0 Å². The van der Waals surface area contributed by atoms with Gasteiger partial charge in [-0.15, -0.1) is 0 Å². The van der Waals surface area contributed by atoms with Gasteiger partial charge in [-0.25, -0.2) is 19.2 Å². The quantitative estimate of drug-likeness (QED) is 0.223. The molecular formula is C32H28ClFN4O5. The highest BCUT2D eigenvalue weighted by atomic mass is 35.5. The first-order valence-corrected chi connectivity index (χ1v) is 14.4. The Balaban J connectivity index is 1.09. The Morgan fingerprint density at radius 2 is 1.95 bits per heavy atom. The fraction of sp³-hybridized carbons (Fsp3) is 0.281. The van der Waals surface area contributed by atoms with Gasteiger partial charge in [0.2, 0.25) is 5.89 Å². The standard InChI is InChI=1S/C32H28ClFN4O5/c1-32(23-7-6-21(33)16-24(23)34)42-27-4-2-3-22(30(27)43-32)19-9-12-37(13-10-19)17-28-36-25-8-5-20(31(39)40)15-26(25)38(28)18-29-35-11-14-41-29/h2-8,11,14-16,19H,9-10,12-13,17-18H2,1H3,(H,39,40)/t32-/m0/s1. The molecule has 220 valence electrons. The van der Waals surface area contributed by atoms with Crippen LogP contribution in [0.25, 0.3) is 11.0 Å². The Kier molecular flexibility index (Phi) is 6.82. The molecule has 0 spiro atoms. The van der Waals surface area contributed by atoms with E-state index < -0.39 is 17.6 Å². The Labute approximate surface area is 251 Å². The van der Waals surface area contributed by atoms with Crippen molar-refractivity contribution in [2.45, 2.75) is 44.6 Å². The van der Waals surface area contributed by atoms with Gasteiger partial charge in [0, 0.05) is 17.5 Å². The SMILES string of the molecule is C[C@]1(c2ccc(Cl)cc2F)Oc2cccc(C3CCN(Cc4nc5ccc(C(=O)O)cc5n4Cc4ncco4)CC3)c2O1. The average Bonchev–Trinajstić information content (AvgIpc) is 3.71. The van der Waals surface area contributed by atoms with Crippen molar-refractivity contribution in [3.8, 4) is 11.5 Å². The number of para-hydroxylation sites is 1. The van der Waals surface area contributed by atoms with E-state index in [4.69, 9.17) is 30.5 Å². The number of benzene rings is 3. The number of carboxylic acid groups (broad SMARTS) is 1. The van der Waals surface area contributed by atoms with Gasteiger partial charge in [0.15, 0.2) is 11.5 Å². The van der Waals surface area contributed by atoms with Gasteiger partial charge in [-0.1, -0.05) is 23.7 Å². The third kappa shape index (κ3) is 5.10. The number of fused-ring (bicyclic) bond motifs is 2. The molecule has 0 unspecified atom stereocenters. The highest BCUT2D eigenvalue weighted by Crippen LogP contribution is 2.49. The number of aromatic carboxylic acids is 1. The van der Waals surface area contributed by atoms with E-state index in [9.17, 15) is 14.3 Å². The predicted molar refractivity (Wildman–Crippen MR) is 156 cm³/mol. The summed E-state index contributed by atoms with van der Waals surface area (Å²) in [5.41, 5.74) is 2.98. The van der Waals surface area contributed by atoms with Crippen LogP contribution in [-0.2, 0) is 18.9 Å². The van der Waals surface area contributed by atoms with E-state index in [0.717, 1.165) is 48.4 Å². The normalized spacial score (nSPS) is 18.9. The van der Waals surface area contributed by atoms with E-state index in [-0.39, 0.29) is 17.0 Å². The number of likely N-dealkylation sites (tertiary alicyclic amines) is 1. The number of nitrogens with zero attached hydrogens (tertiary/aromatic N) is 4. The molecule has 9 nitrogen and oxygen atoms in total. The van der Waals surface area contributed by atoms with Gasteiger partial charge in [-0.3, -0.25) is 4.90 Å². The van der Waals surface area contributed by atoms with Crippen molar-refractivity contribution in [1.29, 1.82) is 0 Å². The largest absolute Gasteiger partial charge is 0.478 e. The zero-order valence-corrected chi connectivity index (χ0v) is 24.1. The molecule has 1 atom stereocenters. The van der Waals surface area contributed by atoms with Crippen molar-refractivity contribution in [2.24, 2.45) is 0 Å². The molecule has 0 saturated carbocycles. The minimum Gasteiger partial charge on any atom is -0.478 e. The second-order valence-electron chi connectivity index (χ2n) is 11.0. The van der Waals surface area contributed by atoms with Crippen LogP contribution in [0, 0.1) is 5.82 Å². The summed E-state index contributed by atoms with van der Waals surface area (Å²) < 4.78 is 34.8.